The van der Waals surface area contributed by atoms with Gasteiger partial charge in [-0.25, -0.2) is 13.2 Å². The molecule has 0 heterocycles. The molecule has 0 aliphatic rings. The molecule has 0 bridgehead atoms. The summed E-state index contributed by atoms with van der Waals surface area (Å²) in [7, 11) is -2.31. The van der Waals surface area contributed by atoms with E-state index in [9.17, 15) is 18.0 Å². The number of hydrogen-bond donors (Lipinski definition) is 1. The van der Waals surface area contributed by atoms with Gasteiger partial charge in [0.25, 0.3) is 5.91 Å². The summed E-state index contributed by atoms with van der Waals surface area (Å²) in [5.41, 5.74) is 0.271. The van der Waals surface area contributed by atoms with Crippen molar-refractivity contribution in [2.45, 2.75) is 38.6 Å². The van der Waals surface area contributed by atoms with Crippen molar-refractivity contribution < 1.29 is 22.7 Å². The van der Waals surface area contributed by atoms with Gasteiger partial charge in [0.2, 0.25) is 10.0 Å². The van der Waals surface area contributed by atoms with Crippen LogP contribution in [-0.4, -0.2) is 50.8 Å². The van der Waals surface area contributed by atoms with Gasteiger partial charge < -0.3 is 10.1 Å². The van der Waals surface area contributed by atoms with Gasteiger partial charge in [-0.1, -0.05) is 27.7 Å². The number of benzene rings is 1. The summed E-state index contributed by atoms with van der Waals surface area (Å²) >= 11 is 0. The van der Waals surface area contributed by atoms with E-state index in [0.29, 0.717) is 13.1 Å². The van der Waals surface area contributed by atoms with E-state index < -0.39 is 27.9 Å². The summed E-state index contributed by atoms with van der Waals surface area (Å²) in [6, 6.07) is 4.88. The predicted octanol–water partition coefficient (Wildman–Crippen LogP) is 1.64. The van der Waals surface area contributed by atoms with E-state index in [-0.39, 0.29) is 16.4 Å². The largest absolute Gasteiger partial charge is 0.467 e. The Balaban J connectivity index is 2.99. The Morgan fingerprint density at radius 3 is 2.04 bits per heavy atom. The number of methoxy groups -OCH3 is 1. The van der Waals surface area contributed by atoms with Crippen LogP contribution in [-0.2, 0) is 19.6 Å². The van der Waals surface area contributed by atoms with Crippen LogP contribution in [0.3, 0.4) is 0 Å². The highest BCUT2D eigenvalue weighted by atomic mass is 32.2. The molecule has 0 unspecified atom stereocenters. The first-order valence-corrected chi connectivity index (χ1v) is 9.61. The first kappa shape index (κ1) is 21.1. The van der Waals surface area contributed by atoms with Crippen LogP contribution in [0.2, 0.25) is 0 Å². The third-order valence-electron chi connectivity index (χ3n) is 3.87. The van der Waals surface area contributed by atoms with Crippen LogP contribution in [0.25, 0.3) is 0 Å². The molecule has 1 amide bonds. The van der Waals surface area contributed by atoms with E-state index in [2.05, 4.69) is 10.1 Å². The second kappa shape index (κ2) is 8.96. The molecular weight excluding hydrogens is 344 g/mol. The molecule has 0 aromatic heterocycles. The molecule has 25 heavy (non-hydrogen) atoms. The third-order valence-corrected chi connectivity index (χ3v) is 5.93. The second-order valence-corrected chi connectivity index (χ2v) is 7.77. The predicted molar refractivity (Wildman–Crippen MR) is 94.7 cm³/mol. The number of carbonyl (C=O) groups is 2. The molecule has 0 aliphatic heterocycles. The fraction of sp³-hybridized carbons (Fsp3) is 0.529. The summed E-state index contributed by atoms with van der Waals surface area (Å²) in [6.45, 7) is 7.86. The Bertz CT molecular complexity index is 694. The number of nitrogens with one attached hydrogen (secondary N) is 1. The van der Waals surface area contributed by atoms with Crippen LogP contribution in [0.4, 0.5) is 0 Å². The van der Waals surface area contributed by atoms with Gasteiger partial charge in [-0.3, -0.25) is 4.79 Å². The van der Waals surface area contributed by atoms with Crippen molar-refractivity contribution in [3.63, 3.8) is 0 Å². The van der Waals surface area contributed by atoms with Crippen LogP contribution < -0.4 is 5.32 Å². The van der Waals surface area contributed by atoms with Gasteiger partial charge in [-0.05, 0) is 30.2 Å². The molecule has 0 saturated carbocycles. The van der Waals surface area contributed by atoms with Gasteiger partial charge in [-0.2, -0.15) is 4.31 Å². The molecular formula is C17H26N2O5S. The van der Waals surface area contributed by atoms with E-state index in [1.54, 1.807) is 27.7 Å². The lowest BCUT2D eigenvalue weighted by atomic mass is 10.0. The molecule has 1 aromatic carbocycles. The summed E-state index contributed by atoms with van der Waals surface area (Å²) in [5, 5.41) is 2.61. The lowest BCUT2D eigenvalue weighted by molar-refractivity contribution is -0.144. The number of sulfonamides is 1. The number of ether oxygens (including phenoxy) is 1. The lowest BCUT2D eigenvalue weighted by Gasteiger charge is -2.20. The Labute approximate surface area is 149 Å². The fourth-order valence-electron chi connectivity index (χ4n) is 2.34. The van der Waals surface area contributed by atoms with Crippen molar-refractivity contribution in [3.8, 4) is 0 Å². The highest BCUT2D eigenvalue weighted by Crippen LogP contribution is 2.16. The molecule has 7 nitrogen and oxygen atoms in total. The van der Waals surface area contributed by atoms with Crippen LogP contribution in [0.5, 0.6) is 0 Å². The molecule has 0 fully saturated rings. The van der Waals surface area contributed by atoms with Crippen LogP contribution in [0, 0.1) is 5.92 Å². The van der Waals surface area contributed by atoms with Crippen LogP contribution >= 0.6 is 0 Å². The molecule has 0 aliphatic carbocycles. The molecule has 1 atom stereocenters. The zero-order valence-corrected chi connectivity index (χ0v) is 16.1. The van der Waals surface area contributed by atoms with Crippen molar-refractivity contribution in [1.82, 2.24) is 9.62 Å². The van der Waals surface area contributed by atoms with Gasteiger partial charge in [-0.15, -0.1) is 0 Å². The molecule has 1 rings (SSSR count). The van der Waals surface area contributed by atoms with E-state index in [0.717, 1.165) is 0 Å². The normalized spacial score (nSPS) is 12.9. The highest BCUT2D eigenvalue weighted by Gasteiger charge is 2.26. The van der Waals surface area contributed by atoms with Crippen LogP contribution in [0.15, 0.2) is 29.2 Å². The number of rotatable bonds is 8. The third kappa shape index (κ3) is 5.02. The summed E-state index contributed by atoms with van der Waals surface area (Å²) < 4.78 is 30.9. The summed E-state index contributed by atoms with van der Waals surface area (Å²) in [6.07, 6.45) is 0. The quantitative estimate of drug-likeness (QED) is 0.702. The Morgan fingerprint density at radius 2 is 1.64 bits per heavy atom. The average Bonchev–Trinajstić information content (AvgIpc) is 2.59. The zero-order valence-electron chi connectivity index (χ0n) is 15.3. The molecule has 1 aromatic rings. The molecule has 0 radical (unpaired) electrons. The van der Waals surface area contributed by atoms with Gasteiger partial charge in [0.15, 0.2) is 0 Å². The minimum Gasteiger partial charge on any atom is -0.467 e. The maximum atomic E-state index is 12.4. The Hall–Kier alpha value is -1.93. The topological polar surface area (TPSA) is 92.8 Å². The molecule has 0 saturated heterocycles. The Morgan fingerprint density at radius 1 is 1.12 bits per heavy atom. The summed E-state index contributed by atoms with van der Waals surface area (Å²) in [5.74, 6) is -1.13. The minimum absolute atomic E-state index is 0.126. The number of esters is 1. The zero-order chi connectivity index (χ0) is 19.2. The van der Waals surface area contributed by atoms with Crippen molar-refractivity contribution in [2.24, 2.45) is 5.92 Å². The number of carbonyl (C=O) groups excluding carboxylic acids is 2. The van der Waals surface area contributed by atoms with Gasteiger partial charge in [0, 0.05) is 18.7 Å². The molecule has 8 heteroatoms. The minimum atomic E-state index is -3.57. The highest BCUT2D eigenvalue weighted by molar-refractivity contribution is 7.89. The number of amides is 1. The van der Waals surface area contributed by atoms with Crippen molar-refractivity contribution >= 4 is 21.9 Å². The number of nitrogens with zero attached hydrogens (tertiary/aromatic N) is 1. The van der Waals surface area contributed by atoms with E-state index in [1.807, 2.05) is 0 Å². The van der Waals surface area contributed by atoms with Crippen molar-refractivity contribution in [1.29, 1.82) is 0 Å². The molecule has 0 spiro atoms. The monoisotopic (exact) mass is 370 g/mol. The van der Waals surface area contributed by atoms with Crippen molar-refractivity contribution in [2.75, 3.05) is 20.2 Å². The van der Waals surface area contributed by atoms with Gasteiger partial charge in [0.05, 0.1) is 12.0 Å². The summed E-state index contributed by atoms with van der Waals surface area (Å²) in [4.78, 5) is 24.2. The standard InChI is InChI=1S/C17H26N2O5S/c1-6-19(7-2)25(22,23)14-10-8-13(9-11-14)16(20)18-15(12(3)4)17(21)24-5/h8-12,15H,6-7H2,1-5H3,(H,18,20)/t15-/m1/s1. The smallest absolute Gasteiger partial charge is 0.328 e. The van der Waals surface area contributed by atoms with E-state index in [4.69, 9.17) is 0 Å². The SMILES string of the molecule is CCN(CC)S(=O)(=O)c1ccc(C(=O)N[C@@H](C(=O)OC)C(C)C)cc1. The van der Waals surface area contributed by atoms with Crippen LogP contribution in [0.1, 0.15) is 38.1 Å². The number of hydrogen-bond acceptors (Lipinski definition) is 5. The fourth-order valence-corrected chi connectivity index (χ4v) is 3.80. The maximum absolute atomic E-state index is 12.4. The Kier molecular flexibility index (Phi) is 7.57. The first-order valence-electron chi connectivity index (χ1n) is 8.17. The second-order valence-electron chi connectivity index (χ2n) is 5.83. The van der Waals surface area contributed by atoms with Crippen molar-refractivity contribution in [3.05, 3.63) is 29.8 Å². The maximum Gasteiger partial charge on any atom is 0.328 e. The average molecular weight is 370 g/mol. The van der Waals surface area contributed by atoms with Gasteiger partial charge in [0.1, 0.15) is 6.04 Å². The first-order chi connectivity index (χ1) is 11.7. The van der Waals surface area contributed by atoms with Gasteiger partial charge >= 0.3 is 5.97 Å². The van der Waals surface area contributed by atoms with E-state index >= 15 is 0 Å². The van der Waals surface area contributed by atoms with E-state index in [1.165, 1.54) is 35.7 Å². The molecule has 1 N–H and O–H groups in total. The molecule has 140 valence electrons. The lowest BCUT2D eigenvalue weighted by Crippen LogP contribution is -2.45.